The highest BCUT2D eigenvalue weighted by molar-refractivity contribution is 14.2. The molecule has 4 atom stereocenters. The minimum Gasteiger partial charge on any atom is -0.440 e. The van der Waals surface area contributed by atoms with Crippen molar-refractivity contribution in [3.63, 3.8) is 0 Å². The van der Waals surface area contributed by atoms with E-state index in [-0.39, 0.29) is 20.7 Å². The molecular formula is C25H28F3IN2O. The fraction of sp³-hybridized carbons (Fsp3) is 0.480. The van der Waals surface area contributed by atoms with Gasteiger partial charge in [-0.05, 0) is 69.9 Å². The summed E-state index contributed by atoms with van der Waals surface area (Å²) in [6.07, 6.45) is 7.06. The van der Waals surface area contributed by atoms with E-state index in [1.54, 1.807) is 18.4 Å². The molecule has 2 aliphatic rings. The maximum absolute atomic E-state index is 14.0. The topological polar surface area (TPSA) is 38.4 Å². The van der Waals surface area contributed by atoms with E-state index >= 15 is 0 Å². The number of fused-ring (bicyclic) bond motifs is 3. The highest BCUT2D eigenvalue weighted by Gasteiger charge is 2.39. The summed E-state index contributed by atoms with van der Waals surface area (Å²) in [5.41, 5.74) is 1.55. The summed E-state index contributed by atoms with van der Waals surface area (Å²) < 4.78 is 52.2. The molecule has 0 saturated heterocycles. The van der Waals surface area contributed by atoms with Crippen LogP contribution in [-0.4, -0.2) is 15.7 Å². The third kappa shape index (κ3) is 4.63. The van der Waals surface area contributed by atoms with Gasteiger partial charge in [-0.3, -0.25) is 4.99 Å². The second-order valence-corrected chi connectivity index (χ2v) is 10.8. The first-order valence-electron chi connectivity index (χ1n) is 11.0. The SMILES string of the molecule is C=Ic1cc(C(C)N=C/C=C\C)c2oc(CC3CC4C=C(C)C(C4)C3)nc2c1C(F)(F)F. The number of aliphatic imine (C=N–C) groups is 1. The summed E-state index contributed by atoms with van der Waals surface area (Å²) in [6.45, 7) is 5.94. The number of hydrogen-bond donors (Lipinski definition) is 0. The molecule has 0 spiro atoms. The van der Waals surface area contributed by atoms with E-state index in [4.69, 9.17) is 4.42 Å². The second-order valence-electron chi connectivity index (χ2n) is 8.88. The number of allylic oxidation sites excluding steroid dienone is 4. The normalized spacial score (nSPS) is 24.7. The molecule has 7 heteroatoms. The van der Waals surface area contributed by atoms with Crippen LogP contribution in [0.4, 0.5) is 13.2 Å². The third-order valence-electron chi connectivity index (χ3n) is 6.60. The van der Waals surface area contributed by atoms with Crippen LogP contribution in [0.2, 0.25) is 0 Å². The Kier molecular flexibility index (Phi) is 6.75. The number of rotatable bonds is 6. The number of aromatic nitrogens is 1. The molecule has 1 fully saturated rings. The van der Waals surface area contributed by atoms with Crippen molar-refractivity contribution in [3.05, 3.63) is 50.5 Å². The van der Waals surface area contributed by atoms with Crippen LogP contribution in [0.25, 0.3) is 11.1 Å². The van der Waals surface area contributed by atoms with Gasteiger partial charge in [0.2, 0.25) is 0 Å². The number of halogens is 4. The van der Waals surface area contributed by atoms with E-state index in [1.807, 2.05) is 19.9 Å². The fourth-order valence-corrected chi connectivity index (χ4v) is 6.65. The Balaban J connectivity index is 1.76. The van der Waals surface area contributed by atoms with E-state index in [9.17, 15) is 13.2 Å². The number of hydrogen-bond acceptors (Lipinski definition) is 3. The monoisotopic (exact) mass is 556 g/mol. The molecule has 1 heterocycles. The summed E-state index contributed by atoms with van der Waals surface area (Å²) in [6, 6.07) is 1.25. The minimum absolute atomic E-state index is 0.0791. The van der Waals surface area contributed by atoms with Crippen molar-refractivity contribution in [3.8, 4) is 0 Å². The van der Waals surface area contributed by atoms with Gasteiger partial charge in [-0.15, -0.1) is 0 Å². The Labute approximate surface area is 196 Å². The lowest BCUT2D eigenvalue weighted by molar-refractivity contribution is -0.137. The summed E-state index contributed by atoms with van der Waals surface area (Å²) in [5.74, 6) is 1.95. The molecule has 0 aliphatic heterocycles. The highest BCUT2D eigenvalue weighted by Crippen LogP contribution is 2.46. The Morgan fingerprint density at radius 2 is 2.12 bits per heavy atom. The maximum atomic E-state index is 14.0. The molecule has 1 aromatic heterocycles. The van der Waals surface area contributed by atoms with E-state index in [2.05, 4.69) is 27.5 Å². The maximum Gasteiger partial charge on any atom is 0.419 e. The Bertz CT molecular complexity index is 1110. The highest BCUT2D eigenvalue weighted by atomic mass is 127. The molecule has 2 aliphatic carbocycles. The van der Waals surface area contributed by atoms with Gasteiger partial charge in [0.25, 0.3) is 0 Å². The average Bonchev–Trinajstić information content (AvgIpc) is 3.25. The van der Waals surface area contributed by atoms with Gasteiger partial charge in [0, 0.05) is 21.8 Å². The Morgan fingerprint density at radius 3 is 2.78 bits per heavy atom. The van der Waals surface area contributed by atoms with Crippen LogP contribution < -0.4 is 0 Å². The van der Waals surface area contributed by atoms with Gasteiger partial charge in [-0.25, -0.2) is 4.98 Å². The van der Waals surface area contributed by atoms with Gasteiger partial charge in [0.15, 0.2) is 11.5 Å². The Morgan fingerprint density at radius 1 is 1.34 bits per heavy atom. The van der Waals surface area contributed by atoms with E-state index in [0.717, 1.165) is 12.8 Å². The third-order valence-corrected chi connectivity index (χ3v) is 8.28. The van der Waals surface area contributed by atoms with Crippen molar-refractivity contribution in [2.45, 2.75) is 58.7 Å². The van der Waals surface area contributed by atoms with Gasteiger partial charge in [0.05, 0.1) is 11.6 Å². The van der Waals surface area contributed by atoms with Crippen molar-refractivity contribution in [1.82, 2.24) is 4.98 Å². The molecule has 0 N–H and O–H groups in total. The van der Waals surface area contributed by atoms with Crippen LogP contribution in [0.15, 0.2) is 39.3 Å². The zero-order valence-corrected chi connectivity index (χ0v) is 20.7. The molecule has 2 aromatic rings. The summed E-state index contributed by atoms with van der Waals surface area (Å²) in [5, 5.41) is 0. The quantitative estimate of drug-likeness (QED) is 0.208. The van der Waals surface area contributed by atoms with Crippen LogP contribution in [-0.2, 0) is 12.6 Å². The standard InChI is InChI=1S/C25H28F3IN2O/c1-5-6-7-30-15(3)19-13-20(29-4)22(25(26,27)28)23-24(19)32-21(31-23)12-17-9-16-8-14(2)18(10-16)11-17/h5-8,13,15-18H,4,9-12H2,1-3H3/b6-5-,30-7?. The molecule has 0 amide bonds. The lowest BCUT2D eigenvalue weighted by atomic mass is 9.77. The van der Waals surface area contributed by atoms with Crippen molar-refractivity contribution in [2.75, 3.05) is 0 Å². The zero-order chi connectivity index (χ0) is 23.0. The number of nitrogens with zero attached hydrogens (tertiary/aromatic N) is 2. The summed E-state index contributed by atoms with van der Waals surface area (Å²) >= 11 is -1.05. The number of benzene rings is 1. The molecule has 172 valence electrons. The predicted molar refractivity (Wildman–Crippen MR) is 132 cm³/mol. The molecule has 1 saturated carbocycles. The molecular weight excluding hydrogens is 528 g/mol. The molecule has 4 unspecified atom stereocenters. The van der Waals surface area contributed by atoms with Crippen LogP contribution in [0, 0.1) is 21.3 Å². The molecule has 4 rings (SSSR count). The summed E-state index contributed by atoms with van der Waals surface area (Å²) in [4.78, 5) is 8.90. The van der Waals surface area contributed by atoms with Crippen molar-refractivity contribution in [2.24, 2.45) is 22.7 Å². The zero-order valence-electron chi connectivity index (χ0n) is 18.5. The van der Waals surface area contributed by atoms with E-state index < -0.39 is 32.5 Å². The first-order valence-corrected chi connectivity index (χ1v) is 13.6. The molecule has 0 radical (unpaired) electrons. The predicted octanol–water partition coefficient (Wildman–Crippen LogP) is 7.66. The lowest BCUT2D eigenvalue weighted by Gasteiger charge is -2.27. The molecule has 1 aromatic carbocycles. The number of oxazole rings is 1. The van der Waals surface area contributed by atoms with Crippen molar-refractivity contribution in [1.29, 1.82) is 0 Å². The van der Waals surface area contributed by atoms with E-state index in [1.165, 1.54) is 12.0 Å². The van der Waals surface area contributed by atoms with Crippen LogP contribution in [0.1, 0.15) is 63.1 Å². The van der Waals surface area contributed by atoms with Crippen LogP contribution in [0.3, 0.4) is 0 Å². The van der Waals surface area contributed by atoms with Crippen molar-refractivity contribution >= 4 is 42.6 Å². The average molecular weight is 556 g/mol. The van der Waals surface area contributed by atoms with Gasteiger partial charge in [-0.2, -0.15) is 13.2 Å². The molecule has 32 heavy (non-hydrogen) atoms. The smallest absolute Gasteiger partial charge is 0.419 e. The largest absolute Gasteiger partial charge is 0.440 e. The summed E-state index contributed by atoms with van der Waals surface area (Å²) in [7, 11) is 0. The number of alkyl halides is 3. The van der Waals surface area contributed by atoms with Gasteiger partial charge >= 0.3 is 6.18 Å². The fourth-order valence-electron chi connectivity index (χ4n) is 5.15. The lowest BCUT2D eigenvalue weighted by Crippen LogP contribution is -2.19. The van der Waals surface area contributed by atoms with E-state index in [0.29, 0.717) is 35.6 Å². The minimum atomic E-state index is -4.50. The Hall–Kier alpha value is -1.77. The van der Waals surface area contributed by atoms with Crippen molar-refractivity contribution < 1.29 is 17.6 Å². The van der Waals surface area contributed by atoms with Gasteiger partial charge < -0.3 is 4.42 Å². The second kappa shape index (κ2) is 9.23. The first-order chi connectivity index (χ1) is 15.2. The van der Waals surface area contributed by atoms with Crippen LogP contribution in [0.5, 0.6) is 0 Å². The van der Waals surface area contributed by atoms with Gasteiger partial charge in [0.1, 0.15) is 5.52 Å². The molecule has 2 bridgehead atoms. The van der Waals surface area contributed by atoms with Crippen LogP contribution >= 0.6 is 20.7 Å². The first kappa shape index (κ1) is 23.4. The molecule has 3 nitrogen and oxygen atoms in total. The van der Waals surface area contributed by atoms with Gasteiger partial charge in [-0.1, -0.05) is 43.0 Å².